The highest BCUT2D eigenvalue weighted by Gasteiger charge is 2.26. The van der Waals surface area contributed by atoms with Crippen LogP contribution in [0.1, 0.15) is 22.3 Å². The third kappa shape index (κ3) is 3.67. The molecule has 6 aromatic carbocycles. The van der Waals surface area contributed by atoms with Crippen LogP contribution in [0, 0.1) is 6.92 Å². The van der Waals surface area contributed by atoms with Gasteiger partial charge in [0.05, 0.1) is 34.3 Å². The van der Waals surface area contributed by atoms with Crippen molar-refractivity contribution in [3.05, 3.63) is 162 Å². The average molecular weight is 641 g/mol. The van der Waals surface area contributed by atoms with E-state index in [0.29, 0.717) is 12.4 Å². The van der Waals surface area contributed by atoms with Crippen LogP contribution in [0.4, 0.5) is 0 Å². The summed E-state index contributed by atoms with van der Waals surface area (Å²) in [5.41, 5.74) is 12.6. The molecule has 10 aromatic rings. The summed E-state index contributed by atoms with van der Waals surface area (Å²) in [6.45, 7) is 2.67. The van der Waals surface area contributed by atoms with Crippen LogP contribution in [0.3, 0.4) is 0 Å². The van der Waals surface area contributed by atoms with Gasteiger partial charge >= 0.3 is 0 Å². The molecule has 0 radical (unpaired) electrons. The molecule has 234 valence electrons. The maximum Gasteiger partial charge on any atom is 0.182 e. The van der Waals surface area contributed by atoms with Gasteiger partial charge in [-0.2, -0.15) is 0 Å². The molecule has 0 amide bonds. The van der Waals surface area contributed by atoms with E-state index in [2.05, 4.69) is 137 Å². The topological polar surface area (TPSA) is 59.3 Å². The van der Waals surface area contributed by atoms with E-state index in [1.165, 1.54) is 32.5 Å². The molecule has 50 heavy (non-hydrogen) atoms. The van der Waals surface area contributed by atoms with E-state index in [1.54, 1.807) is 12.4 Å². The van der Waals surface area contributed by atoms with Gasteiger partial charge in [0.1, 0.15) is 0 Å². The van der Waals surface area contributed by atoms with Gasteiger partial charge in [-0.1, -0.05) is 109 Å². The normalized spacial score (nSPS) is 14.0. The Morgan fingerprint density at radius 1 is 0.560 bits per heavy atom. The molecular formula is C44H28N6. The number of aryl methyl sites for hydroxylation is 1. The Morgan fingerprint density at radius 2 is 1.18 bits per heavy atom. The lowest BCUT2D eigenvalue weighted by atomic mass is 9.98. The molecule has 0 bridgehead atoms. The van der Waals surface area contributed by atoms with Crippen LogP contribution in [0.5, 0.6) is 0 Å². The molecule has 0 atom stereocenters. The zero-order chi connectivity index (χ0) is 32.9. The Balaban J connectivity index is 1.25. The first-order valence-electron chi connectivity index (χ1n) is 16.9. The minimum atomic E-state index is 0.527. The number of aromatic nitrogens is 4. The van der Waals surface area contributed by atoms with Crippen molar-refractivity contribution in [3.63, 3.8) is 0 Å². The summed E-state index contributed by atoms with van der Waals surface area (Å²) in [6.07, 6.45) is 5.79. The van der Waals surface area contributed by atoms with E-state index in [0.717, 1.165) is 66.7 Å². The maximum atomic E-state index is 5.30. The monoisotopic (exact) mass is 640 g/mol. The molecule has 4 aromatic heterocycles. The SMILES string of the molecule is Cc1ccccc1C1=NC(c2ccc3c4c5ccccc5c5c6ccccc6n6c7nccnc7n(c3c2)c4c56)=NCC(c2ccccc2)=C1. The highest BCUT2D eigenvalue weighted by molar-refractivity contribution is 6.37. The fraction of sp³-hybridized carbons (Fsp3) is 0.0455. The van der Waals surface area contributed by atoms with Gasteiger partial charge in [0.15, 0.2) is 17.1 Å². The van der Waals surface area contributed by atoms with Crippen molar-refractivity contribution in [2.24, 2.45) is 9.98 Å². The number of allylic oxidation sites excluding steroid dienone is 1. The molecule has 1 aliphatic heterocycles. The fourth-order valence-corrected chi connectivity index (χ4v) is 8.19. The fourth-order valence-electron chi connectivity index (χ4n) is 8.19. The molecule has 0 aliphatic carbocycles. The predicted molar refractivity (Wildman–Crippen MR) is 206 cm³/mol. The summed E-state index contributed by atoms with van der Waals surface area (Å²) < 4.78 is 4.63. The Kier molecular flexibility index (Phi) is 5.56. The lowest BCUT2D eigenvalue weighted by molar-refractivity contribution is 1.13. The Bertz CT molecular complexity index is 3080. The average Bonchev–Trinajstić information content (AvgIpc) is 3.60. The number of nitrogens with zero attached hydrogens (tertiary/aromatic N) is 6. The first-order chi connectivity index (χ1) is 24.7. The Labute approximate surface area is 286 Å². The standard InChI is InChI=1S/C44H28N6/c1-26-11-5-6-14-30(26)35-23-29(27-12-3-2-4-13-27)25-47-42(48-35)28-19-20-34-37(24-28)50-41-39(34)32-16-8-7-15-31(32)38-33-17-9-10-18-36(33)49(40(38)41)43-44(50)46-22-21-45-43/h2-24H,25H2,1H3. The molecule has 0 unspecified atom stereocenters. The van der Waals surface area contributed by atoms with Crippen LogP contribution >= 0.6 is 0 Å². The lowest BCUT2D eigenvalue weighted by Gasteiger charge is -2.11. The second-order valence-electron chi connectivity index (χ2n) is 13.1. The number of benzene rings is 6. The van der Waals surface area contributed by atoms with Crippen molar-refractivity contribution >= 4 is 82.8 Å². The molecule has 6 heteroatoms. The molecule has 11 rings (SSSR count). The molecule has 0 fully saturated rings. The van der Waals surface area contributed by atoms with Gasteiger partial charge in [0.2, 0.25) is 0 Å². The van der Waals surface area contributed by atoms with Crippen molar-refractivity contribution in [2.45, 2.75) is 6.92 Å². The van der Waals surface area contributed by atoms with E-state index in [-0.39, 0.29) is 0 Å². The summed E-state index contributed by atoms with van der Waals surface area (Å²) in [6, 6.07) is 43.1. The van der Waals surface area contributed by atoms with Crippen molar-refractivity contribution < 1.29 is 0 Å². The van der Waals surface area contributed by atoms with Crippen LogP contribution in [0.15, 0.2) is 150 Å². The van der Waals surface area contributed by atoms with E-state index in [9.17, 15) is 0 Å². The van der Waals surface area contributed by atoms with Gasteiger partial charge in [-0.3, -0.25) is 13.8 Å². The van der Waals surface area contributed by atoms with Gasteiger partial charge in [-0.05, 0) is 52.6 Å². The molecule has 0 saturated carbocycles. The van der Waals surface area contributed by atoms with E-state index in [1.807, 2.05) is 6.07 Å². The van der Waals surface area contributed by atoms with Gasteiger partial charge in [-0.25, -0.2) is 15.0 Å². The van der Waals surface area contributed by atoms with Crippen molar-refractivity contribution in [1.29, 1.82) is 0 Å². The number of para-hydroxylation sites is 1. The first-order valence-corrected chi connectivity index (χ1v) is 16.9. The molecule has 0 spiro atoms. The van der Waals surface area contributed by atoms with Gasteiger partial charge in [0.25, 0.3) is 0 Å². The minimum Gasteiger partial charge on any atom is -0.288 e. The number of amidine groups is 1. The summed E-state index contributed by atoms with van der Waals surface area (Å²) in [5, 5.41) is 7.30. The van der Waals surface area contributed by atoms with Crippen LogP contribution in [0.25, 0.3) is 71.3 Å². The van der Waals surface area contributed by atoms with Crippen molar-refractivity contribution in [1.82, 2.24) is 18.8 Å². The zero-order valence-corrected chi connectivity index (χ0v) is 27.2. The highest BCUT2D eigenvalue weighted by atomic mass is 15.1. The number of hydrogen-bond acceptors (Lipinski definition) is 4. The summed E-state index contributed by atoms with van der Waals surface area (Å²) in [7, 11) is 0. The molecule has 0 saturated heterocycles. The Morgan fingerprint density at radius 3 is 1.92 bits per heavy atom. The van der Waals surface area contributed by atoms with E-state index < -0.39 is 0 Å². The van der Waals surface area contributed by atoms with E-state index >= 15 is 0 Å². The predicted octanol–water partition coefficient (Wildman–Crippen LogP) is 9.83. The molecule has 0 N–H and O–H groups in total. The number of hydrogen-bond donors (Lipinski definition) is 0. The van der Waals surface area contributed by atoms with Gasteiger partial charge < -0.3 is 0 Å². The number of aliphatic imine (C=N–C) groups is 2. The van der Waals surface area contributed by atoms with Crippen molar-refractivity contribution in [3.8, 4) is 0 Å². The summed E-state index contributed by atoms with van der Waals surface area (Å²) in [4.78, 5) is 20.4. The second-order valence-corrected chi connectivity index (χ2v) is 13.1. The van der Waals surface area contributed by atoms with Crippen LogP contribution in [-0.4, -0.2) is 36.9 Å². The van der Waals surface area contributed by atoms with E-state index in [4.69, 9.17) is 20.0 Å². The largest absolute Gasteiger partial charge is 0.288 e. The number of fused-ring (bicyclic) bond motifs is 12. The zero-order valence-electron chi connectivity index (χ0n) is 27.2. The third-order valence-electron chi connectivity index (χ3n) is 10.4. The quantitative estimate of drug-likeness (QED) is 0.181. The van der Waals surface area contributed by atoms with Gasteiger partial charge in [-0.15, -0.1) is 0 Å². The molecule has 1 aliphatic rings. The number of rotatable bonds is 3. The molecule has 6 nitrogen and oxygen atoms in total. The van der Waals surface area contributed by atoms with Gasteiger partial charge in [0, 0.05) is 45.1 Å². The second kappa shape index (κ2) is 10.2. The van der Waals surface area contributed by atoms with Crippen molar-refractivity contribution in [2.75, 3.05) is 6.54 Å². The smallest absolute Gasteiger partial charge is 0.182 e. The van der Waals surface area contributed by atoms with Crippen LogP contribution < -0.4 is 0 Å². The molecule has 5 heterocycles. The Hall–Kier alpha value is -6.66. The van der Waals surface area contributed by atoms with Crippen LogP contribution in [-0.2, 0) is 0 Å². The highest BCUT2D eigenvalue weighted by Crippen LogP contribution is 2.46. The maximum absolute atomic E-state index is 5.30. The van der Waals surface area contributed by atoms with Crippen LogP contribution in [0.2, 0.25) is 0 Å². The summed E-state index contributed by atoms with van der Waals surface area (Å²) >= 11 is 0. The summed E-state index contributed by atoms with van der Waals surface area (Å²) in [5.74, 6) is 0.713. The minimum absolute atomic E-state index is 0.527. The lowest BCUT2D eigenvalue weighted by Crippen LogP contribution is -2.05. The molecular weight excluding hydrogens is 613 g/mol. The first kappa shape index (κ1) is 27.3. The third-order valence-corrected chi connectivity index (χ3v) is 10.4.